The van der Waals surface area contributed by atoms with Gasteiger partial charge in [-0.3, -0.25) is 0 Å². The highest BCUT2D eigenvalue weighted by molar-refractivity contribution is 5.41. The van der Waals surface area contributed by atoms with Crippen LogP contribution in [0, 0.1) is 0 Å². The predicted octanol–water partition coefficient (Wildman–Crippen LogP) is 2.35. The van der Waals surface area contributed by atoms with Gasteiger partial charge in [-0.15, -0.1) is 0 Å². The molecule has 0 bridgehead atoms. The average molecular weight is 217 g/mol. The van der Waals surface area contributed by atoms with E-state index in [0.717, 1.165) is 18.9 Å². The maximum absolute atomic E-state index is 9.79. The van der Waals surface area contributed by atoms with Gasteiger partial charge in [0.2, 0.25) is 0 Å². The molecular weight excluding hydrogens is 198 g/mol. The quantitative estimate of drug-likeness (QED) is 0.780. The highest BCUT2D eigenvalue weighted by atomic mass is 16.3. The van der Waals surface area contributed by atoms with Gasteiger partial charge in [-0.1, -0.05) is 12.1 Å². The second kappa shape index (κ2) is 4.10. The normalized spacial score (nSPS) is 25.6. The maximum atomic E-state index is 9.79. The van der Waals surface area contributed by atoms with Crippen LogP contribution in [0.3, 0.4) is 0 Å². The van der Waals surface area contributed by atoms with Crippen molar-refractivity contribution >= 4 is 0 Å². The fraction of sp³-hybridized carbons (Fsp3) is 0.571. The first kappa shape index (κ1) is 10.2. The first-order valence-electron chi connectivity index (χ1n) is 6.38. The second-order valence-electron chi connectivity index (χ2n) is 5.05. The zero-order chi connectivity index (χ0) is 11.0. The first-order valence-corrected chi connectivity index (χ1v) is 6.38. The summed E-state index contributed by atoms with van der Waals surface area (Å²) in [6, 6.07) is 6.68. The van der Waals surface area contributed by atoms with Crippen LogP contribution >= 0.6 is 0 Å². The van der Waals surface area contributed by atoms with Crippen LogP contribution in [0.5, 0.6) is 5.75 Å². The molecule has 1 heterocycles. The summed E-state index contributed by atoms with van der Waals surface area (Å²) in [7, 11) is 0. The zero-order valence-corrected chi connectivity index (χ0v) is 9.65. The molecule has 1 aromatic carbocycles. The third kappa shape index (κ3) is 1.71. The molecular formula is C14H19NO. The fourth-order valence-corrected chi connectivity index (χ4v) is 3.19. The maximum Gasteiger partial charge on any atom is 0.119 e. The minimum absolute atomic E-state index is 0.498. The molecule has 1 aliphatic heterocycles. The van der Waals surface area contributed by atoms with Crippen molar-refractivity contribution in [2.75, 3.05) is 13.1 Å². The molecule has 2 aliphatic rings. The lowest BCUT2D eigenvalue weighted by atomic mass is 9.87. The van der Waals surface area contributed by atoms with E-state index in [1.807, 2.05) is 12.1 Å². The van der Waals surface area contributed by atoms with E-state index in [0.29, 0.717) is 5.75 Å². The van der Waals surface area contributed by atoms with E-state index in [1.165, 1.54) is 43.5 Å². The number of rotatable bonds is 1. The predicted molar refractivity (Wildman–Crippen MR) is 64.7 cm³/mol. The second-order valence-corrected chi connectivity index (χ2v) is 5.05. The molecule has 16 heavy (non-hydrogen) atoms. The standard InChI is InChI=1S/C14H19NO/c16-14-5-3-4-11-10-12(6-7-13(11)14)15-8-1-2-9-15/h3-5,12,16H,1-2,6-10H2. The Labute approximate surface area is 96.9 Å². The highest BCUT2D eigenvalue weighted by Crippen LogP contribution is 2.31. The van der Waals surface area contributed by atoms with Crippen molar-refractivity contribution in [1.29, 1.82) is 0 Å². The van der Waals surface area contributed by atoms with E-state index in [9.17, 15) is 5.11 Å². The van der Waals surface area contributed by atoms with Crippen LogP contribution in [-0.4, -0.2) is 29.1 Å². The molecule has 0 aromatic heterocycles. The minimum Gasteiger partial charge on any atom is -0.508 e. The number of likely N-dealkylation sites (tertiary alicyclic amines) is 1. The van der Waals surface area contributed by atoms with Crippen LogP contribution < -0.4 is 0 Å². The van der Waals surface area contributed by atoms with Crippen LogP contribution in [0.4, 0.5) is 0 Å². The average Bonchev–Trinajstić information content (AvgIpc) is 2.82. The summed E-state index contributed by atoms with van der Waals surface area (Å²) in [6.07, 6.45) is 6.12. The van der Waals surface area contributed by atoms with Gasteiger partial charge in [-0.2, -0.15) is 0 Å². The summed E-state index contributed by atoms with van der Waals surface area (Å²) >= 11 is 0. The van der Waals surface area contributed by atoms with E-state index in [-0.39, 0.29) is 0 Å². The van der Waals surface area contributed by atoms with Crippen LogP contribution in [0.2, 0.25) is 0 Å². The SMILES string of the molecule is Oc1cccc2c1CCC(N1CCCC1)C2. The van der Waals surface area contributed by atoms with Crippen LogP contribution in [-0.2, 0) is 12.8 Å². The molecule has 0 amide bonds. The Bertz CT molecular complexity index is 382. The first-order chi connectivity index (χ1) is 7.84. The van der Waals surface area contributed by atoms with Gasteiger partial charge in [-0.25, -0.2) is 0 Å². The molecule has 1 atom stereocenters. The summed E-state index contributed by atoms with van der Waals surface area (Å²) in [5.74, 6) is 0.498. The molecule has 86 valence electrons. The summed E-state index contributed by atoms with van der Waals surface area (Å²) in [5.41, 5.74) is 2.56. The smallest absolute Gasteiger partial charge is 0.119 e. The van der Waals surface area contributed by atoms with Crippen LogP contribution in [0.15, 0.2) is 18.2 Å². The molecule has 1 saturated heterocycles. The number of phenolic OH excluding ortho intramolecular Hbond substituents is 1. The number of fused-ring (bicyclic) bond motifs is 1. The third-order valence-corrected chi connectivity index (χ3v) is 4.09. The van der Waals surface area contributed by atoms with Gasteiger partial charge in [0, 0.05) is 6.04 Å². The van der Waals surface area contributed by atoms with Gasteiger partial charge >= 0.3 is 0 Å². The van der Waals surface area contributed by atoms with E-state index in [2.05, 4.69) is 11.0 Å². The molecule has 2 nitrogen and oxygen atoms in total. The molecule has 1 N–H and O–H groups in total. The number of phenols is 1. The molecule has 1 unspecified atom stereocenters. The van der Waals surface area contributed by atoms with Gasteiger partial charge in [0.25, 0.3) is 0 Å². The van der Waals surface area contributed by atoms with Gasteiger partial charge in [0.15, 0.2) is 0 Å². The van der Waals surface area contributed by atoms with E-state index in [4.69, 9.17) is 0 Å². The minimum atomic E-state index is 0.498. The van der Waals surface area contributed by atoms with Gasteiger partial charge in [0.1, 0.15) is 5.75 Å². The molecule has 2 heteroatoms. The lowest BCUT2D eigenvalue weighted by Gasteiger charge is -2.32. The van der Waals surface area contributed by atoms with Crippen molar-refractivity contribution in [3.63, 3.8) is 0 Å². The van der Waals surface area contributed by atoms with E-state index < -0.39 is 0 Å². The Kier molecular flexibility index (Phi) is 2.60. The lowest BCUT2D eigenvalue weighted by Crippen LogP contribution is -2.37. The van der Waals surface area contributed by atoms with E-state index >= 15 is 0 Å². The number of aromatic hydroxyl groups is 1. The molecule has 0 spiro atoms. The zero-order valence-electron chi connectivity index (χ0n) is 9.65. The topological polar surface area (TPSA) is 23.5 Å². The van der Waals surface area contributed by atoms with Crippen molar-refractivity contribution in [2.45, 2.75) is 38.1 Å². The third-order valence-electron chi connectivity index (χ3n) is 4.09. The molecule has 3 rings (SSSR count). The largest absolute Gasteiger partial charge is 0.508 e. The Morgan fingerprint density at radius 1 is 1.19 bits per heavy atom. The van der Waals surface area contributed by atoms with Crippen molar-refractivity contribution in [3.05, 3.63) is 29.3 Å². The Hall–Kier alpha value is -1.02. The van der Waals surface area contributed by atoms with Crippen LogP contribution in [0.1, 0.15) is 30.4 Å². The highest BCUT2D eigenvalue weighted by Gasteiger charge is 2.26. The Morgan fingerprint density at radius 2 is 2.00 bits per heavy atom. The summed E-state index contributed by atoms with van der Waals surface area (Å²) in [6.45, 7) is 2.55. The monoisotopic (exact) mass is 217 g/mol. The number of benzene rings is 1. The van der Waals surface area contributed by atoms with Crippen LogP contribution in [0.25, 0.3) is 0 Å². The van der Waals surface area contributed by atoms with E-state index in [1.54, 1.807) is 0 Å². The molecule has 0 radical (unpaired) electrons. The lowest BCUT2D eigenvalue weighted by molar-refractivity contribution is 0.221. The van der Waals surface area contributed by atoms with Gasteiger partial charge in [0.05, 0.1) is 0 Å². The molecule has 1 aromatic rings. The van der Waals surface area contributed by atoms with Crippen molar-refractivity contribution in [1.82, 2.24) is 4.90 Å². The Balaban J connectivity index is 1.80. The van der Waals surface area contributed by atoms with Gasteiger partial charge < -0.3 is 10.0 Å². The molecule has 1 fully saturated rings. The summed E-state index contributed by atoms with van der Waals surface area (Å²) in [5, 5.41) is 9.79. The van der Waals surface area contributed by atoms with Crippen molar-refractivity contribution < 1.29 is 5.11 Å². The Morgan fingerprint density at radius 3 is 2.81 bits per heavy atom. The van der Waals surface area contributed by atoms with Gasteiger partial charge in [-0.05, 0) is 62.4 Å². The van der Waals surface area contributed by atoms with Crippen molar-refractivity contribution in [3.8, 4) is 5.75 Å². The summed E-state index contributed by atoms with van der Waals surface area (Å²) in [4.78, 5) is 2.63. The fourth-order valence-electron chi connectivity index (χ4n) is 3.19. The summed E-state index contributed by atoms with van der Waals surface area (Å²) < 4.78 is 0. The molecule has 1 aliphatic carbocycles. The number of hydrogen-bond acceptors (Lipinski definition) is 2. The number of hydrogen-bond donors (Lipinski definition) is 1. The number of nitrogens with zero attached hydrogens (tertiary/aromatic N) is 1. The van der Waals surface area contributed by atoms with Crippen molar-refractivity contribution in [2.24, 2.45) is 0 Å². The molecule has 0 saturated carbocycles.